The Hall–Kier alpha value is -3.68. The molecule has 3 N–H and O–H groups in total. The highest BCUT2D eigenvalue weighted by molar-refractivity contribution is 6.35. The molecule has 0 radical (unpaired) electrons. The smallest absolute Gasteiger partial charge is 0.256 e. The molecule has 29 heavy (non-hydrogen) atoms. The number of benzene rings is 1. The van der Waals surface area contributed by atoms with Crippen LogP contribution in [0.1, 0.15) is 22.6 Å². The summed E-state index contributed by atoms with van der Waals surface area (Å²) in [7, 11) is 0. The van der Waals surface area contributed by atoms with Crippen molar-refractivity contribution in [2.24, 2.45) is 0 Å². The van der Waals surface area contributed by atoms with Gasteiger partial charge in [0.15, 0.2) is 0 Å². The van der Waals surface area contributed by atoms with E-state index in [0.717, 1.165) is 22.6 Å². The van der Waals surface area contributed by atoms with Crippen molar-refractivity contribution in [3.8, 4) is 17.0 Å². The lowest BCUT2D eigenvalue weighted by Gasteiger charge is -2.19. The molecule has 1 amide bonds. The number of rotatable bonds is 2. The van der Waals surface area contributed by atoms with Gasteiger partial charge < -0.3 is 20.4 Å². The van der Waals surface area contributed by atoms with Gasteiger partial charge in [0.2, 0.25) is 5.88 Å². The number of nitrogens with one attached hydrogen (secondary N) is 3. The van der Waals surface area contributed by atoms with Gasteiger partial charge in [-0.3, -0.25) is 4.79 Å². The maximum atomic E-state index is 14.9. The SMILES string of the molecule is Cc1ncc(C=C2C(=O)Nc3c(F)cc(-c4cnc5c(c4)NCCO5)c(C)c32)[nH]1. The van der Waals surface area contributed by atoms with E-state index in [1.165, 1.54) is 6.07 Å². The molecule has 3 aromatic rings. The molecule has 2 aliphatic heterocycles. The van der Waals surface area contributed by atoms with Crippen LogP contribution in [0.4, 0.5) is 15.8 Å². The van der Waals surface area contributed by atoms with Gasteiger partial charge in [0.25, 0.3) is 5.91 Å². The minimum atomic E-state index is -0.486. The molecule has 2 aliphatic rings. The van der Waals surface area contributed by atoms with E-state index in [0.29, 0.717) is 41.4 Å². The molecule has 0 unspecified atom stereocenters. The number of aryl methyl sites for hydroxylation is 1. The van der Waals surface area contributed by atoms with E-state index in [1.54, 1.807) is 18.5 Å². The minimum Gasteiger partial charge on any atom is -0.474 e. The highest BCUT2D eigenvalue weighted by Crippen LogP contribution is 2.42. The molecule has 5 rings (SSSR count). The number of pyridine rings is 1. The summed E-state index contributed by atoms with van der Waals surface area (Å²) in [4.78, 5) is 24.1. The second-order valence-corrected chi connectivity index (χ2v) is 7.07. The molecule has 7 nitrogen and oxygen atoms in total. The fraction of sp³-hybridized carbons (Fsp3) is 0.190. The molecular formula is C21H18FN5O2. The number of hydrogen-bond donors (Lipinski definition) is 3. The molecule has 0 atom stereocenters. The molecule has 0 fully saturated rings. The average molecular weight is 391 g/mol. The van der Waals surface area contributed by atoms with Crippen molar-refractivity contribution in [3.63, 3.8) is 0 Å². The first-order chi connectivity index (χ1) is 14.0. The number of ether oxygens (including phenoxy) is 1. The molecule has 146 valence electrons. The van der Waals surface area contributed by atoms with Gasteiger partial charge in [0.1, 0.15) is 18.2 Å². The summed E-state index contributed by atoms with van der Waals surface area (Å²) < 4.78 is 20.4. The lowest BCUT2D eigenvalue weighted by atomic mass is 9.92. The number of imidazole rings is 1. The first-order valence-electron chi connectivity index (χ1n) is 9.26. The van der Waals surface area contributed by atoms with Gasteiger partial charge >= 0.3 is 0 Å². The highest BCUT2D eigenvalue weighted by Gasteiger charge is 2.31. The summed E-state index contributed by atoms with van der Waals surface area (Å²) >= 11 is 0. The highest BCUT2D eigenvalue weighted by atomic mass is 19.1. The van der Waals surface area contributed by atoms with E-state index >= 15 is 0 Å². The first kappa shape index (κ1) is 17.4. The van der Waals surface area contributed by atoms with Gasteiger partial charge in [-0.2, -0.15) is 0 Å². The number of aromatic nitrogens is 3. The third kappa shape index (κ3) is 2.84. The molecule has 0 spiro atoms. The predicted octanol–water partition coefficient (Wildman–Crippen LogP) is 3.52. The Kier molecular flexibility index (Phi) is 3.87. The standard InChI is InChI=1S/C21H18FN5O2/c1-10-14(12-5-17-21(25-8-12)29-4-3-23-17)7-16(22)19-18(10)15(20(28)27-19)6-13-9-24-11(2)26-13/h5-9,23H,3-4H2,1-2H3,(H,24,26)(H,27,28). The fourth-order valence-electron chi connectivity index (χ4n) is 3.78. The maximum Gasteiger partial charge on any atom is 0.256 e. The Morgan fingerprint density at radius 2 is 2.07 bits per heavy atom. The van der Waals surface area contributed by atoms with Crippen molar-refractivity contribution in [3.05, 3.63) is 53.0 Å². The van der Waals surface area contributed by atoms with Crippen LogP contribution in [0.15, 0.2) is 24.5 Å². The van der Waals surface area contributed by atoms with Crippen LogP contribution in [-0.2, 0) is 4.79 Å². The van der Waals surface area contributed by atoms with Crippen LogP contribution >= 0.6 is 0 Å². The normalized spacial score (nSPS) is 16.1. The second-order valence-electron chi connectivity index (χ2n) is 7.07. The van der Waals surface area contributed by atoms with E-state index in [-0.39, 0.29) is 11.6 Å². The number of nitrogens with zero attached hydrogens (tertiary/aromatic N) is 2. The summed E-state index contributed by atoms with van der Waals surface area (Å²) in [6.07, 6.45) is 4.99. The zero-order chi connectivity index (χ0) is 20.1. The Morgan fingerprint density at radius 1 is 1.21 bits per heavy atom. The van der Waals surface area contributed by atoms with Gasteiger partial charge in [-0.1, -0.05) is 0 Å². The first-order valence-corrected chi connectivity index (χ1v) is 9.26. The van der Waals surface area contributed by atoms with E-state index in [4.69, 9.17) is 4.74 Å². The average Bonchev–Trinajstić information content (AvgIpc) is 3.28. The molecule has 2 aromatic heterocycles. The van der Waals surface area contributed by atoms with Gasteiger partial charge in [-0.25, -0.2) is 14.4 Å². The van der Waals surface area contributed by atoms with E-state index in [2.05, 4.69) is 25.6 Å². The van der Waals surface area contributed by atoms with Gasteiger partial charge in [0, 0.05) is 23.9 Å². The lowest BCUT2D eigenvalue weighted by molar-refractivity contribution is -0.110. The Balaban J connectivity index is 1.67. The molecule has 0 aliphatic carbocycles. The van der Waals surface area contributed by atoms with Gasteiger partial charge in [0.05, 0.1) is 28.8 Å². The predicted molar refractivity (Wildman–Crippen MR) is 108 cm³/mol. The monoisotopic (exact) mass is 391 g/mol. The molecule has 4 heterocycles. The van der Waals surface area contributed by atoms with Crippen molar-refractivity contribution in [1.29, 1.82) is 0 Å². The van der Waals surface area contributed by atoms with Crippen LogP contribution in [0.25, 0.3) is 22.8 Å². The summed E-state index contributed by atoms with van der Waals surface area (Å²) in [5, 5.41) is 5.89. The molecular weight excluding hydrogens is 373 g/mol. The van der Waals surface area contributed by atoms with Crippen LogP contribution in [-0.4, -0.2) is 34.0 Å². The zero-order valence-corrected chi connectivity index (χ0v) is 15.9. The van der Waals surface area contributed by atoms with Crippen LogP contribution in [0.3, 0.4) is 0 Å². The number of halogens is 1. The molecule has 0 saturated carbocycles. The molecule has 1 aromatic carbocycles. The van der Waals surface area contributed by atoms with E-state index in [9.17, 15) is 9.18 Å². The van der Waals surface area contributed by atoms with Crippen LogP contribution in [0.5, 0.6) is 5.88 Å². The molecule has 8 heteroatoms. The van der Waals surface area contributed by atoms with Crippen molar-refractivity contribution >= 4 is 28.9 Å². The Morgan fingerprint density at radius 3 is 2.86 bits per heavy atom. The van der Waals surface area contributed by atoms with Crippen LogP contribution < -0.4 is 15.4 Å². The topological polar surface area (TPSA) is 91.9 Å². The van der Waals surface area contributed by atoms with Crippen molar-refractivity contribution in [2.45, 2.75) is 13.8 Å². The van der Waals surface area contributed by atoms with Crippen LogP contribution in [0, 0.1) is 19.7 Å². The Bertz CT molecular complexity index is 1200. The van der Waals surface area contributed by atoms with Crippen molar-refractivity contribution in [2.75, 3.05) is 23.8 Å². The number of fused-ring (bicyclic) bond motifs is 2. The largest absolute Gasteiger partial charge is 0.474 e. The molecule has 0 saturated heterocycles. The number of amides is 1. The summed E-state index contributed by atoms with van der Waals surface area (Å²) in [6.45, 7) is 4.95. The second kappa shape index (κ2) is 6.44. The zero-order valence-electron chi connectivity index (χ0n) is 15.9. The third-order valence-electron chi connectivity index (χ3n) is 5.13. The number of hydrogen-bond acceptors (Lipinski definition) is 5. The number of aromatic amines is 1. The summed E-state index contributed by atoms with van der Waals surface area (Å²) in [6, 6.07) is 3.33. The number of anilines is 2. The fourth-order valence-corrected chi connectivity index (χ4v) is 3.78. The van der Waals surface area contributed by atoms with E-state index < -0.39 is 5.82 Å². The van der Waals surface area contributed by atoms with Crippen molar-refractivity contribution in [1.82, 2.24) is 15.0 Å². The Labute approximate surface area is 166 Å². The minimum absolute atomic E-state index is 0.200. The maximum absolute atomic E-state index is 14.9. The lowest BCUT2D eigenvalue weighted by Crippen LogP contribution is -2.18. The number of carbonyl (C=O) groups is 1. The third-order valence-corrected chi connectivity index (χ3v) is 5.13. The number of carbonyl (C=O) groups excluding carboxylic acids is 1. The van der Waals surface area contributed by atoms with Crippen molar-refractivity contribution < 1.29 is 13.9 Å². The quantitative estimate of drug-likeness (QED) is 0.582. The van der Waals surface area contributed by atoms with E-state index in [1.807, 2.05) is 19.9 Å². The summed E-state index contributed by atoms with van der Waals surface area (Å²) in [5.74, 6) is 0.443. The van der Waals surface area contributed by atoms with Gasteiger partial charge in [-0.05, 0) is 43.2 Å². The summed E-state index contributed by atoms with van der Waals surface area (Å²) in [5.41, 5.74) is 4.82. The van der Waals surface area contributed by atoms with Gasteiger partial charge in [-0.15, -0.1) is 0 Å². The molecule has 0 bridgehead atoms. The number of H-pyrrole nitrogens is 1. The van der Waals surface area contributed by atoms with Crippen LogP contribution in [0.2, 0.25) is 0 Å².